The zero-order chi connectivity index (χ0) is 21.1. The van der Waals surface area contributed by atoms with Gasteiger partial charge in [-0.05, 0) is 31.9 Å². The third kappa shape index (κ3) is 4.43. The number of carbonyl (C=O) groups is 1. The number of rotatable bonds is 7. The first-order valence-electron chi connectivity index (χ1n) is 10.9. The number of pyridine rings is 1. The highest BCUT2D eigenvalue weighted by atomic mass is 16.2. The zero-order valence-corrected chi connectivity index (χ0v) is 18.0. The number of hydrogen-bond donors (Lipinski definition) is 1. The van der Waals surface area contributed by atoms with E-state index in [2.05, 4.69) is 28.2 Å². The number of likely N-dealkylation sites (tertiary alicyclic amines) is 1. The van der Waals surface area contributed by atoms with E-state index in [0.29, 0.717) is 32.1 Å². The number of hydrogen-bond acceptors (Lipinski definition) is 4. The van der Waals surface area contributed by atoms with Gasteiger partial charge in [0.15, 0.2) is 0 Å². The Morgan fingerprint density at radius 3 is 2.93 bits per heavy atom. The number of likely N-dealkylation sites (N-methyl/N-ethyl adjacent to an activating group) is 1. The lowest BCUT2D eigenvalue weighted by molar-refractivity contribution is 0.131. The highest BCUT2D eigenvalue weighted by Crippen LogP contribution is 2.35. The van der Waals surface area contributed by atoms with E-state index < -0.39 is 0 Å². The molecule has 30 heavy (non-hydrogen) atoms. The second-order valence-electron chi connectivity index (χ2n) is 8.67. The van der Waals surface area contributed by atoms with Crippen molar-refractivity contribution in [2.75, 3.05) is 33.2 Å². The average molecular weight is 413 g/mol. The van der Waals surface area contributed by atoms with Crippen LogP contribution in [0.15, 0.2) is 35.6 Å². The number of nitrogens with zero attached hydrogens (tertiary/aromatic N) is 5. The van der Waals surface area contributed by atoms with Gasteiger partial charge in [0.1, 0.15) is 0 Å². The smallest absolute Gasteiger partial charge is 0.317 e. The van der Waals surface area contributed by atoms with Crippen molar-refractivity contribution >= 4 is 6.03 Å². The molecule has 0 spiro atoms. The van der Waals surface area contributed by atoms with Crippen LogP contribution in [0.25, 0.3) is 0 Å². The second kappa shape index (κ2) is 9.04. The minimum absolute atomic E-state index is 0.0264. The zero-order valence-electron chi connectivity index (χ0n) is 18.0. The fourth-order valence-electron chi connectivity index (χ4n) is 4.70. The molecule has 162 valence electrons. The fourth-order valence-corrected chi connectivity index (χ4v) is 4.70. The van der Waals surface area contributed by atoms with Gasteiger partial charge >= 0.3 is 6.03 Å². The third-order valence-electron chi connectivity index (χ3n) is 6.24. The summed E-state index contributed by atoms with van der Waals surface area (Å²) in [5.74, 6) is 0.584. The molecule has 2 amide bonds. The number of piperidine rings is 1. The van der Waals surface area contributed by atoms with E-state index in [0.717, 1.165) is 43.7 Å². The van der Waals surface area contributed by atoms with Gasteiger partial charge in [-0.1, -0.05) is 13.0 Å². The maximum atomic E-state index is 13.2. The molecule has 0 aromatic carbocycles. The summed E-state index contributed by atoms with van der Waals surface area (Å²) in [6, 6.07) is 4.12. The molecule has 0 radical (unpaired) electrons. The summed E-state index contributed by atoms with van der Waals surface area (Å²) in [5, 5.41) is 2.99. The molecule has 0 unspecified atom stereocenters. The summed E-state index contributed by atoms with van der Waals surface area (Å²) in [7, 11) is 2.04. The largest absolute Gasteiger partial charge is 0.338 e. The molecule has 4 rings (SSSR count). The maximum absolute atomic E-state index is 13.2. The van der Waals surface area contributed by atoms with Crippen LogP contribution in [-0.2, 0) is 19.6 Å². The molecule has 4 heterocycles. The molecule has 2 aromatic heterocycles. The minimum atomic E-state index is 0.0264. The van der Waals surface area contributed by atoms with Crippen LogP contribution >= 0.6 is 0 Å². The van der Waals surface area contributed by atoms with Crippen LogP contribution in [0.2, 0.25) is 0 Å². The predicted molar refractivity (Wildman–Crippen MR) is 115 cm³/mol. The van der Waals surface area contributed by atoms with Crippen molar-refractivity contribution in [3.05, 3.63) is 52.5 Å². The monoisotopic (exact) mass is 412 g/mol. The van der Waals surface area contributed by atoms with Gasteiger partial charge in [0, 0.05) is 75.4 Å². The number of aromatic nitrogens is 3. The van der Waals surface area contributed by atoms with Crippen molar-refractivity contribution in [2.45, 2.75) is 45.3 Å². The summed E-state index contributed by atoms with van der Waals surface area (Å²) in [4.78, 5) is 33.8. The van der Waals surface area contributed by atoms with Crippen molar-refractivity contribution in [1.82, 2.24) is 29.2 Å². The lowest BCUT2D eigenvalue weighted by atomic mass is 9.83. The first-order chi connectivity index (χ1) is 14.5. The van der Waals surface area contributed by atoms with Crippen molar-refractivity contribution in [1.29, 1.82) is 0 Å². The van der Waals surface area contributed by atoms with E-state index in [1.54, 1.807) is 6.20 Å². The topological polar surface area (TPSA) is 75.4 Å². The molecule has 1 fully saturated rings. The summed E-state index contributed by atoms with van der Waals surface area (Å²) in [5.41, 5.74) is 2.04. The highest BCUT2D eigenvalue weighted by Gasteiger charge is 2.36. The number of fused-ring (bicyclic) bond motifs is 4. The van der Waals surface area contributed by atoms with Gasteiger partial charge in [0.2, 0.25) is 0 Å². The molecule has 2 aromatic rings. The molecule has 1 N–H and O–H groups in total. The third-order valence-corrected chi connectivity index (χ3v) is 6.24. The summed E-state index contributed by atoms with van der Waals surface area (Å²) < 4.78 is 4.01. The SMILES string of the molecule is CCCNC(=O)N1C[C@@H]2C[C@H](C1)c1ccc(CN(C)CCn3ccnc3)c(=O)n1C2. The van der Waals surface area contributed by atoms with Crippen molar-refractivity contribution in [3.63, 3.8) is 0 Å². The molecule has 2 aliphatic rings. The highest BCUT2D eigenvalue weighted by molar-refractivity contribution is 5.74. The van der Waals surface area contributed by atoms with Crippen LogP contribution in [0.5, 0.6) is 0 Å². The lowest BCUT2D eigenvalue weighted by Gasteiger charge is -2.42. The molecular formula is C22H32N6O2. The van der Waals surface area contributed by atoms with Crippen molar-refractivity contribution < 1.29 is 4.79 Å². The Morgan fingerprint density at radius 1 is 1.30 bits per heavy atom. The van der Waals surface area contributed by atoms with Gasteiger partial charge in [-0.2, -0.15) is 0 Å². The standard InChI is InChI=1S/C22H32N6O2/c1-3-6-24-22(30)27-12-17-11-19(15-27)20-5-4-18(21(29)28(20)13-17)14-25(2)9-10-26-8-7-23-16-26/h4-5,7-8,16-17,19H,3,6,9-15H2,1-2H3,(H,24,30)/t17-,19+/m0/s1. The summed E-state index contributed by atoms with van der Waals surface area (Å²) in [6.45, 7) is 7.22. The van der Waals surface area contributed by atoms with Gasteiger partial charge in [0.05, 0.1) is 6.33 Å². The molecule has 2 bridgehead atoms. The van der Waals surface area contributed by atoms with E-state index in [9.17, 15) is 9.59 Å². The van der Waals surface area contributed by atoms with E-state index in [-0.39, 0.29) is 17.5 Å². The van der Waals surface area contributed by atoms with Gasteiger partial charge < -0.3 is 24.3 Å². The predicted octanol–water partition coefficient (Wildman–Crippen LogP) is 1.72. The van der Waals surface area contributed by atoms with Crippen LogP contribution in [0, 0.1) is 5.92 Å². The van der Waals surface area contributed by atoms with Crippen LogP contribution in [-0.4, -0.2) is 63.2 Å². The van der Waals surface area contributed by atoms with E-state index in [1.807, 2.05) is 39.7 Å². The number of urea groups is 1. The Kier molecular flexibility index (Phi) is 6.22. The molecule has 1 saturated heterocycles. The summed E-state index contributed by atoms with van der Waals surface area (Å²) >= 11 is 0. The number of carbonyl (C=O) groups excluding carboxylic acids is 1. The molecule has 2 atom stereocenters. The lowest BCUT2D eigenvalue weighted by Crippen LogP contribution is -2.52. The quantitative estimate of drug-likeness (QED) is 0.751. The van der Waals surface area contributed by atoms with Crippen LogP contribution in [0.4, 0.5) is 4.79 Å². The number of amides is 2. The molecule has 0 saturated carbocycles. The first kappa shape index (κ1) is 20.7. The van der Waals surface area contributed by atoms with E-state index in [4.69, 9.17) is 0 Å². The molecule has 8 nitrogen and oxygen atoms in total. The summed E-state index contributed by atoms with van der Waals surface area (Å²) in [6.07, 6.45) is 7.53. The van der Waals surface area contributed by atoms with Crippen LogP contribution in [0.3, 0.4) is 0 Å². The molecule has 8 heteroatoms. The van der Waals surface area contributed by atoms with Crippen LogP contribution < -0.4 is 10.9 Å². The average Bonchev–Trinajstić information content (AvgIpc) is 3.26. The fraction of sp³-hybridized carbons (Fsp3) is 0.591. The molecular weight excluding hydrogens is 380 g/mol. The Labute approximate surface area is 177 Å². The van der Waals surface area contributed by atoms with E-state index in [1.165, 1.54) is 0 Å². The molecule has 2 aliphatic heterocycles. The minimum Gasteiger partial charge on any atom is -0.338 e. The second-order valence-corrected chi connectivity index (χ2v) is 8.67. The van der Waals surface area contributed by atoms with Gasteiger partial charge in [-0.15, -0.1) is 0 Å². The Bertz CT molecular complexity index is 922. The van der Waals surface area contributed by atoms with Gasteiger partial charge in [-0.25, -0.2) is 9.78 Å². The van der Waals surface area contributed by atoms with Crippen molar-refractivity contribution in [3.8, 4) is 0 Å². The van der Waals surface area contributed by atoms with Crippen molar-refractivity contribution in [2.24, 2.45) is 5.92 Å². The number of imidazole rings is 1. The van der Waals surface area contributed by atoms with Gasteiger partial charge in [0.25, 0.3) is 5.56 Å². The first-order valence-corrected chi connectivity index (χ1v) is 10.9. The Morgan fingerprint density at radius 2 is 2.17 bits per heavy atom. The van der Waals surface area contributed by atoms with Gasteiger partial charge in [-0.3, -0.25) is 4.79 Å². The van der Waals surface area contributed by atoms with Crippen LogP contribution in [0.1, 0.15) is 36.9 Å². The van der Waals surface area contributed by atoms with E-state index >= 15 is 0 Å². The Balaban J connectivity index is 1.44. The number of nitrogens with one attached hydrogen (secondary N) is 1. The molecule has 0 aliphatic carbocycles. The maximum Gasteiger partial charge on any atom is 0.317 e. The normalized spacial score (nSPS) is 20.3. The Hall–Kier alpha value is -2.61.